The van der Waals surface area contributed by atoms with Crippen LogP contribution in [0.25, 0.3) is 0 Å². The molecule has 0 saturated carbocycles. The van der Waals surface area contributed by atoms with E-state index in [0.717, 1.165) is 27.4 Å². The summed E-state index contributed by atoms with van der Waals surface area (Å²) >= 11 is 6.04. The summed E-state index contributed by atoms with van der Waals surface area (Å²) in [5, 5.41) is 3.05. The van der Waals surface area contributed by atoms with Crippen molar-refractivity contribution in [3.8, 4) is 11.5 Å². The van der Waals surface area contributed by atoms with Gasteiger partial charge >= 0.3 is 0 Å². The molecule has 0 aliphatic heterocycles. The maximum absolute atomic E-state index is 12.7. The molecule has 0 unspecified atom stereocenters. The molecule has 0 heterocycles. The third kappa shape index (κ3) is 5.79. The molecular formula is C21H27ClN2O5S. The van der Waals surface area contributed by atoms with Crippen molar-refractivity contribution in [2.75, 3.05) is 30.8 Å². The Labute approximate surface area is 183 Å². The molecule has 0 saturated heterocycles. The zero-order valence-electron chi connectivity index (χ0n) is 17.7. The van der Waals surface area contributed by atoms with Crippen LogP contribution in [0, 0.1) is 13.8 Å². The Hall–Kier alpha value is -2.45. The molecule has 7 nitrogen and oxygen atoms in total. The second-order valence-corrected chi connectivity index (χ2v) is 9.18. The van der Waals surface area contributed by atoms with E-state index in [1.807, 2.05) is 32.0 Å². The molecule has 0 aliphatic rings. The average Bonchev–Trinajstić information content (AvgIpc) is 2.67. The van der Waals surface area contributed by atoms with Crippen LogP contribution >= 0.6 is 11.6 Å². The van der Waals surface area contributed by atoms with Gasteiger partial charge in [0.2, 0.25) is 15.9 Å². The van der Waals surface area contributed by atoms with E-state index in [-0.39, 0.29) is 18.8 Å². The summed E-state index contributed by atoms with van der Waals surface area (Å²) in [4.78, 5) is 12.7. The van der Waals surface area contributed by atoms with Crippen molar-refractivity contribution in [3.63, 3.8) is 0 Å². The van der Waals surface area contributed by atoms with Crippen LogP contribution in [0.4, 0.5) is 5.69 Å². The predicted octanol–water partition coefficient (Wildman–Crippen LogP) is 3.32. The van der Waals surface area contributed by atoms with E-state index in [1.165, 1.54) is 20.1 Å². The van der Waals surface area contributed by atoms with Crippen molar-refractivity contribution in [1.29, 1.82) is 0 Å². The first-order valence-corrected chi connectivity index (χ1v) is 11.6. The molecule has 0 radical (unpaired) electrons. The minimum absolute atomic E-state index is 0.196. The number of rotatable bonds is 9. The number of sulfonamides is 1. The number of carbonyl (C=O) groups excluding carboxylic acids is 1. The molecule has 0 fully saturated rings. The molecule has 2 rings (SSSR count). The number of nitrogens with zero attached hydrogens (tertiary/aromatic N) is 1. The Balaban J connectivity index is 2.10. The molecule has 0 spiro atoms. The Morgan fingerprint density at radius 2 is 1.90 bits per heavy atom. The van der Waals surface area contributed by atoms with E-state index in [2.05, 4.69) is 5.32 Å². The number of carbonyl (C=O) groups is 1. The van der Waals surface area contributed by atoms with Gasteiger partial charge in [-0.3, -0.25) is 9.10 Å². The first-order valence-electron chi connectivity index (χ1n) is 9.36. The highest BCUT2D eigenvalue weighted by Crippen LogP contribution is 2.34. The lowest BCUT2D eigenvalue weighted by atomic mass is 10.1. The summed E-state index contributed by atoms with van der Waals surface area (Å²) in [5.74, 6) is 0.577. The molecule has 0 aromatic heterocycles. The standard InChI is InChI=1S/C21H27ClN2O5S/c1-14-7-6-8-19(15(14)2)29-12-11-23-21(25)16(3)24(30(5,26)27)18-13-17(22)9-10-20(18)28-4/h6-10,13,16H,11-12H2,1-5H3,(H,23,25)/t16-/m1/s1. The lowest BCUT2D eigenvalue weighted by Gasteiger charge is -2.29. The van der Waals surface area contributed by atoms with Gasteiger partial charge in [0.05, 0.1) is 25.6 Å². The van der Waals surface area contributed by atoms with E-state index in [4.69, 9.17) is 21.1 Å². The number of anilines is 1. The number of hydrogen-bond donors (Lipinski definition) is 1. The fourth-order valence-electron chi connectivity index (χ4n) is 2.98. The van der Waals surface area contributed by atoms with Crippen LogP contribution in [-0.4, -0.2) is 46.9 Å². The number of aryl methyl sites for hydroxylation is 1. The van der Waals surface area contributed by atoms with Crippen molar-refractivity contribution in [2.24, 2.45) is 0 Å². The number of amides is 1. The number of ether oxygens (including phenoxy) is 2. The molecule has 164 valence electrons. The molecule has 1 amide bonds. The van der Waals surface area contributed by atoms with Crippen LogP contribution in [0.5, 0.6) is 11.5 Å². The zero-order valence-corrected chi connectivity index (χ0v) is 19.3. The highest BCUT2D eigenvalue weighted by molar-refractivity contribution is 7.92. The Bertz CT molecular complexity index is 1010. The maximum atomic E-state index is 12.7. The van der Waals surface area contributed by atoms with E-state index in [9.17, 15) is 13.2 Å². The van der Waals surface area contributed by atoms with Crippen molar-refractivity contribution in [2.45, 2.75) is 26.8 Å². The summed E-state index contributed by atoms with van der Waals surface area (Å²) in [6, 6.07) is 9.33. The Kier molecular flexibility index (Phi) is 7.97. The van der Waals surface area contributed by atoms with Gasteiger partial charge < -0.3 is 14.8 Å². The number of nitrogens with one attached hydrogen (secondary N) is 1. The fourth-order valence-corrected chi connectivity index (χ4v) is 4.32. The van der Waals surface area contributed by atoms with E-state index >= 15 is 0 Å². The van der Waals surface area contributed by atoms with Gasteiger partial charge in [0.1, 0.15) is 24.1 Å². The second-order valence-electron chi connectivity index (χ2n) is 6.89. The summed E-state index contributed by atoms with van der Waals surface area (Å²) < 4.78 is 36.9. The normalized spacial score (nSPS) is 12.2. The minimum Gasteiger partial charge on any atom is -0.495 e. The molecule has 2 aromatic carbocycles. The molecule has 0 aliphatic carbocycles. The monoisotopic (exact) mass is 454 g/mol. The van der Waals surface area contributed by atoms with Gasteiger partial charge in [-0.1, -0.05) is 23.7 Å². The predicted molar refractivity (Wildman–Crippen MR) is 119 cm³/mol. The summed E-state index contributed by atoms with van der Waals surface area (Å²) in [7, 11) is -2.37. The number of benzene rings is 2. The van der Waals surface area contributed by atoms with Crippen molar-refractivity contribution < 1.29 is 22.7 Å². The molecule has 1 N–H and O–H groups in total. The van der Waals surface area contributed by atoms with Crippen LogP contribution < -0.4 is 19.1 Å². The largest absolute Gasteiger partial charge is 0.495 e. The van der Waals surface area contributed by atoms with Crippen molar-refractivity contribution in [1.82, 2.24) is 5.32 Å². The van der Waals surface area contributed by atoms with Crippen LogP contribution in [0.3, 0.4) is 0 Å². The van der Waals surface area contributed by atoms with Crippen LogP contribution in [-0.2, 0) is 14.8 Å². The van der Waals surface area contributed by atoms with Crippen LogP contribution in [0.15, 0.2) is 36.4 Å². The average molecular weight is 455 g/mol. The minimum atomic E-state index is -3.79. The van der Waals surface area contributed by atoms with Crippen LogP contribution in [0.2, 0.25) is 5.02 Å². The third-order valence-electron chi connectivity index (χ3n) is 4.68. The van der Waals surface area contributed by atoms with Crippen LogP contribution in [0.1, 0.15) is 18.1 Å². The first kappa shape index (κ1) is 23.8. The lowest BCUT2D eigenvalue weighted by Crippen LogP contribution is -2.48. The Morgan fingerprint density at radius 1 is 1.20 bits per heavy atom. The summed E-state index contributed by atoms with van der Waals surface area (Å²) in [5.41, 5.74) is 2.35. The highest BCUT2D eigenvalue weighted by atomic mass is 35.5. The number of halogens is 1. The third-order valence-corrected chi connectivity index (χ3v) is 6.14. The van der Waals surface area contributed by atoms with Gasteiger partial charge in [-0.25, -0.2) is 8.42 Å². The Morgan fingerprint density at radius 3 is 2.53 bits per heavy atom. The fraction of sp³-hybridized carbons (Fsp3) is 0.381. The van der Waals surface area contributed by atoms with Gasteiger partial charge in [-0.2, -0.15) is 0 Å². The maximum Gasteiger partial charge on any atom is 0.243 e. The zero-order chi connectivity index (χ0) is 22.5. The molecule has 2 aromatic rings. The van der Waals surface area contributed by atoms with E-state index in [1.54, 1.807) is 12.1 Å². The number of hydrogen-bond acceptors (Lipinski definition) is 5. The van der Waals surface area contributed by atoms with Gasteiger partial charge in [0, 0.05) is 5.02 Å². The van der Waals surface area contributed by atoms with Crippen molar-refractivity contribution in [3.05, 3.63) is 52.5 Å². The van der Waals surface area contributed by atoms with Gasteiger partial charge in [-0.05, 0) is 56.2 Å². The van der Waals surface area contributed by atoms with Gasteiger partial charge in [0.15, 0.2) is 0 Å². The van der Waals surface area contributed by atoms with Gasteiger partial charge in [-0.15, -0.1) is 0 Å². The van der Waals surface area contributed by atoms with E-state index < -0.39 is 22.0 Å². The van der Waals surface area contributed by atoms with Gasteiger partial charge in [0.25, 0.3) is 0 Å². The molecule has 0 bridgehead atoms. The molecule has 1 atom stereocenters. The molecule has 30 heavy (non-hydrogen) atoms. The highest BCUT2D eigenvalue weighted by Gasteiger charge is 2.31. The quantitative estimate of drug-likeness (QED) is 0.587. The molecule has 9 heteroatoms. The van der Waals surface area contributed by atoms with E-state index in [0.29, 0.717) is 10.8 Å². The smallest absolute Gasteiger partial charge is 0.243 e. The lowest BCUT2D eigenvalue weighted by molar-refractivity contribution is -0.121. The summed E-state index contributed by atoms with van der Waals surface area (Å²) in [6.45, 7) is 5.94. The summed E-state index contributed by atoms with van der Waals surface area (Å²) in [6.07, 6.45) is 1.03. The SMILES string of the molecule is COc1ccc(Cl)cc1N([C@H](C)C(=O)NCCOc1cccc(C)c1C)S(C)(=O)=O. The van der Waals surface area contributed by atoms with Crippen molar-refractivity contribution >= 4 is 33.2 Å². The number of methoxy groups -OCH3 is 1. The first-order chi connectivity index (χ1) is 14.1. The topological polar surface area (TPSA) is 84.9 Å². The molecular weight excluding hydrogens is 428 g/mol. The second kappa shape index (κ2) is 10.0.